The molecule has 2 rings (SSSR count). The molecule has 2 unspecified atom stereocenters. The van der Waals surface area contributed by atoms with Crippen molar-refractivity contribution in [3.05, 3.63) is 24.3 Å². The van der Waals surface area contributed by atoms with Gasteiger partial charge in [0.15, 0.2) is 0 Å². The molecule has 5 nitrogen and oxygen atoms in total. The predicted molar refractivity (Wildman–Crippen MR) is 77.8 cm³/mol. The van der Waals surface area contributed by atoms with Crippen LogP contribution in [0.25, 0.3) is 0 Å². The lowest BCUT2D eigenvalue weighted by molar-refractivity contribution is -0.115. The van der Waals surface area contributed by atoms with Gasteiger partial charge in [-0.15, -0.1) is 0 Å². The normalized spacial score (nSPS) is 21.7. The maximum absolute atomic E-state index is 11.9. The molecule has 1 aromatic carbocycles. The maximum Gasteiger partial charge on any atom is 0.238 e. The fourth-order valence-corrected chi connectivity index (χ4v) is 2.65. The summed E-state index contributed by atoms with van der Waals surface area (Å²) in [6.45, 7) is 0.452. The maximum atomic E-state index is 11.9. The summed E-state index contributed by atoms with van der Waals surface area (Å²) in [6.07, 6.45) is 3.17. The smallest absolute Gasteiger partial charge is 0.238 e. The van der Waals surface area contributed by atoms with Gasteiger partial charge in [-0.25, -0.2) is 0 Å². The number of hydrogen-bond donors (Lipinski definition) is 3. The Kier molecular flexibility index (Phi) is 5.38. The van der Waals surface area contributed by atoms with Crippen molar-refractivity contribution in [2.24, 2.45) is 5.92 Å². The largest absolute Gasteiger partial charge is 0.497 e. The Morgan fingerprint density at radius 2 is 2.30 bits per heavy atom. The highest BCUT2D eigenvalue weighted by Crippen LogP contribution is 2.24. The molecule has 0 radical (unpaired) electrons. The molecular weight excluding hydrogens is 256 g/mol. The fourth-order valence-electron chi connectivity index (χ4n) is 2.65. The molecule has 1 aromatic rings. The van der Waals surface area contributed by atoms with Crippen molar-refractivity contribution in [1.29, 1.82) is 0 Å². The van der Waals surface area contributed by atoms with E-state index in [0.717, 1.165) is 24.9 Å². The first-order chi connectivity index (χ1) is 9.72. The summed E-state index contributed by atoms with van der Waals surface area (Å²) in [7, 11) is 1.59. The van der Waals surface area contributed by atoms with Crippen LogP contribution < -0.4 is 15.4 Å². The van der Waals surface area contributed by atoms with E-state index in [-0.39, 0.29) is 31.0 Å². The van der Waals surface area contributed by atoms with E-state index in [9.17, 15) is 9.90 Å². The second-order valence-corrected chi connectivity index (χ2v) is 5.14. The number of rotatable bonds is 6. The molecule has 2 atom stereocenters. The Balaban J connectivity index is 1.80. The van der Waals surface area contributed by atoms with Crippen LogP contribution in [0, 0.1) is 5.92 Å². The van der Waals surface area contributed by atoms with Crippen molar-refractivity contribution >= 4 is 11.6 Å². The van der Waals surface area contributed by atoms with Gasteiger partial charge in [-0.05, 0) is 30.9 Å². The molecule has 1 aliphatic carbocycles. The third-order valence-electron chi connectivity index (χ3n) is 3.77. The van der Waals surface area contributed by atoms with Crippen LogP contribution in [0.4, 0.5) is 5.69 Å². The van der Waals surface area contributed by atoms with Gasteiger partial charge in [-0.2, -0.15) is 0 Å². The zero-order chi connectivity index (χ0) is 14.4. The van der Waals surface area contributed by atoms with Gasteiger partial charge in [0.25, 0.3) is 0 Å². The van der Waals surface area contributed by atoms with Gasteiger partial charge in [-0.1, -0.05) is 12.5 Å². The molecule has 5 heteroatoms. The van der Waals surface area contributed by atoms with Crippen LogP contribution in [-0.2, 0) is 4.79 Å². The van der Waals surface area contributed by atoms with Crippen LogP contribution in [-0.4, -0.2) is 37.3 Å². The summed E-state index contributed by atoms with van der Waals surface area (Å²) < 4.78 is 5.11. The number of nitrogens with one attached hydrogen (secondary N) is 2. The van der Waals surface area contributed by atoms with Gasteiger partial charge in [0, 0.05) is 24.4 Å². The van der Waals surface area contributed by atoms with Gasteiger partial charge in [-0.3, -0.25) is 4.79 Å². The van der Waals surface area contributed by atoms with Crippen LogP contribution in [0.1, 0.15) is 19.3 Å². The minimum atomic E-state index is -0.0816. The summed E-state index contributed by atoms with van der Waals surface area (Å²) >= 11 is 0. The topological polar surface area (TPSA) is 70.6 Å². The minimum absolute atomic E-state index is 0.0816. The van der Waals surface area contributed by atoms with Crippen molar-refractivity contribution in [2.75, 3.05) is 25.6 Å². The first-order valence-corrected chi connectivity index (χ1v) is 7.01. The van der Waals surface area contributed by atoms with E-state index in [1.54, 1.807) is 13.2 Å². The zero-order valence-electron chi connectivity index (χ0n) is 11.8. The molecule has 0 aliphatic heterocycles. The van der Waals surface area contributed by atoms with Gasteiger partial charge in [0.1, 0.15) is 5.75 Å². The lowest BCUT2D eigenvalue weighted by Crippen LogP contribution is -2.39. The molecule has 110 valence electrons. The minimum Gasteiger partial charge on any atom is -0.497 e. The predicted octanol–water partition coefficient (Wildman–Crippen LogP) is 1.38. The first-order valence-electron chi connectivity index (χ1n) is 7.01. The number of aliphatic hydroxyl groups excluding tert-OH is 1. The third-order valence-corrected chi connectivity index (χ3v) is 3.77. The summed E-state index contributed by atoms with van der Waals surface area (Å²) in [5, 5.41) is 15.3. The van der Waals surface area contributed by atoms with E-state index in [4.69, 9.17) is 4.74 Å². The van der Waals surface area contributed by atoms with Gasteiger partial charge in [0.05, 0.1) is 13.7 Å². The highest BCUT2D eigenvalue weighted by Gasteiger charge is 2.26. The highest BCUT2D eigenvalue weighted by molar-refractivity contribution is 5.92. The molecule has 20 heavy (non-hydrogen) atoms. The van der Waals surface area contributed by atoms with Crippen molar-refractivity contribution in [3.8, 4) is 5.75 Å². The molecule has 0 aromatic heterocycles. The molecule has 1 aliphatic rings. The van der Waals surface area contributed by atoms with Crippen LogP contribution in [0.3, 0.4) is 0 Å². The summed E-state index contributed by atoms with van der Waals surface area (Å²) in [4.78, 5) is 11.9. The number of benzene rings is 1. The highest BCUT2D eigenvalue weighted by atomic mass is 16.5. The molecule has 1 amide bonds. The standard InChI is InChI=1S/C15H22N2O3/c1-20-13-6-3-5-12(8-13)17-15(19)9-16-14-7-2-4-11(14)10-18/h3,5-6,8,11,14,16,18H,2,4,7,9-10H2,1H3,(H,17,19). The van der Waals surface area contributed by atoms with E-state index in [2.05, 4.69) is 10.6 Å². The SMILES string of the molecule is COc1cccc(NC(=O)CNC2CCCC2CO)c1. The summed E-state index contributed by atoms with van der Waals surface area (Å²) in [6, 6.07) is 7.52. The first kappa shape index (κ1) is 14.8. The number of anilines is 1. The molecule has 3 N–H and O–H groups in total. The van der Waals surface area contributed by atoms with Gasteiger partial charge < -0.3 is 20.5 Å². The van der Waals surface area contributed by atoms with E-state index in [1.807, 2.05) is 18.2 Å². The number of carbonyl (C=O) groups is 1. The number of amides is 1. The second-order valence-electron chi connectivity index (χ2n) is 5.14. The van der Waals surface area contributed by atoms with E-state index in [1.165, 1.54) is 0 Å². The van der Waals surface area contributed by atoms with E-state index < -0.39 is 0 Å². The lowest BCUT2D eigenvalue weighted by atomic mass is 10.1. The molecular formula is C15H22N2O3. The Morgan fingerprint density at radius 1 is 1.45 bits per heavy atom. The summed E-state index contributed by atoms with van der Waals surface area (Å²) in [5.74, 6) is 0.911. The van der Waals surface area contributed by atoms with Crippen molar-refractivity contribution < 1.29 is 14.6 Å². The van der Waals surface area contributed by atoms with Crippen LogP contribution in [0.2, 0.25) is 0 Å². The summed E-state index contributed by atoms with van der Waals surface area (Å²) in [5.41, 5.74) is 0.723. The van der Waals surface area contributed by atoms with Gasteiger partial charge in [0.2, 0.25) is 5.91 Å². The monoisotopic (exact) mass is 278 g/mol. The number of ether oxygens (including phenoxy) is 1. The zero-order valence-corrected chi connectivity index (χ0v) is 11.8. The molecule has 1 fully saturated rings. The molecule has 0 saturated heterocycles. The van der Waals surface area contributed by atoms with Crippen molar-refractivity contribution in [3.63, 3.8) is 0 Å². The number of methoxy groups -OCH3 is 1. The average Bonchev–Trinajstić information content (AvgIpc) is 2.93. The lowest BCUT2D eigenvalue weighted by Gasteiger charge is -2.18. The fraction of sp³-hybridized carbons (Fsp3) is 0.533. The molecule has 1 saturated carbocycles. The Bertz CT molecular complexity index is 450. The number of aliphatic hydroxyl groups is 1. The van der Waals surface area contributed by atoms with E-state index in [0.29, 0.717) is 5.75 Å². The van der Waals surface area contributed by atoms with Crippen LogP contribution >= 0.6 is 0 Å². The Labute approximate surface area is 119 Å². The molecule has 0 bridgehead atoms. The quantitative estimate of drug-likeness (QED) is 0.735. The Hall–Kier alpha value is -1.59. The Morgan fingerprint density at radius 3 is 3.05 bits per heavy atom. The van der Waals surface area contributed by atoms with Crippen molar-refractivity contribution in [1.82, 2.24) is 5.32 Å². The molecule has 0 spiro atoms. The van der Waals surface area contributed by atoms with E-state index >= 15 is 0 Å². The van der Waals surface area contributed by atoms with Crippen LogP contribution in [0.5, 0.6) is 5.75 Å². The van der Waals surface area contributed by atoms with Crippen LogP contribution in [0.15, 0.2) is 24.3 Å². The number of hydrogen-bond acceptors (Lipinski definition) is 4. The molecule has 0 heterocycles. The van der Waals surface area contributed by atoms with Gasteiger partial charge >= 0.3 is 0 Å². The average molecular weight is 278 g/mol. The third kappa shape index (κ3) is 3.95. The number of carbonyl (C=O) groups excluding carboxylic acids is 1. The van der Waals surface area contributed by atoms with Crippen molar-refractivity contribution in [2.45, 2.75) is 25.3 Å². The second kappa shape index (κ2) is 7.26.